The van der Waals surface area contributed by atoms with Crippen LogP contribution in [0, 0.1) is 12.7 Å². The first-order chi connectivity index (χ1) is 10.7. The van der Waals surface area contributed by atoms with Crippen molar-refractivity contribution in [2.75, 3.05) is 17.6 Å². The van der Waals surface area contributed by atoms with Gasteiger partial charge >= 0.3 is 6.03 Å². The molecule has 114 valence electrons. The van der Waals surface area contributed by atoms with Crippen molar-refractivity contribution >= 4 is 23.5 Å². The van der Waals surface area contributed by atoms with Crippen LogP contribution < -0.4 is 5.32 Å². The molecular weight excluding hydrogens is 299 g/mol. The first-order valence-corrected chi connectivity index (χ1v) is 8.21. The van der Waals surface area contributed by atoms with Gasteiger partial charge in [-0.3, -0.25) is 0 Å². The molecule has 0 spiro atoms. The fraction of sp³-hybridized carbons (Fsp3) is 0.235. The molecule has 1 aliphatic rings. The number of para-hydroxylation sites is 1. The van der Waals surface area contributed by atoms with Crippen LogP contribution in [0.15, 0.2) is 48.5 Å². The molecule has 2 aromatic carbocycles. The van der Waals surface area contributed by atoms with Crippen LogP contribution in [0.1, 0.15) is 16.5 Å². The summed E-state index contributed by atoms with van der Waals surface area (Å²) in [4.78, 5) is 14.2. The van der Waals surface area contributed by atoms with Gasteiger partial charge in [0.05, 0.1) is 0 Å². The number of amides is 2. The monoisotopic (exact) mass is 316 g/mol. The maximum absolute atomic E-state index is 14.0. The zero-order valence-electron chi connectivity index (χ0n) is 12.3. The third-order valence-corrected chi connectivity index (χ3v) is 4.95. The number of nitrogens with one attached hydrogen (secondary N) is 1. The van der Waals surface area contributed by atoms with Crippen LogP contribution in [0.4, 0.5) is 14.9 Å². The molecule has 1 unspecified atom stereocenters. The maximum Gasteiger partial charge on any atom is 0.323 e. The van der Waals surface area contributed by atoms with Crippen LogP contribution in [-0.2, 0) is 0 Å². The molecule has 3 rings (SSSR count). The number of nitrogens with zero attached hydrogens (tertiary/aromatic N) is 1. The van der Waals surface area contributed by atoms with Crippen molar-refractivity contribution < 1.29 is 9.18 Å². The van der Waals surface area contributed by atoms with Gasteiger partial charge in [0.2, 0.25) is 0 Å². The van der Waals surface area contributed by atoms with Crippen molar-refractivity contribution in [3.8, 4) is 0 Å². The van der Waals surface area contributed by atoms with E-state index in [-0.39, 0.29) is 17.2 Å². The van der Waals surface area contributed by atoms with E-state index >= 15 is 0 Å². The molecule has 1 fully saturated rings. The lowest BCUT2D eigenvalue weighted by Gasteiger charge is -2.25. The minimum atomic E-state index is -0.273. The first-order valence-electron chi connectivity index (χ1n) is 7.16. The Morgan fingerprint density at radius 1 is 1.23 bits per heavy atom. The number of halogens is 1. The molecule has 0 saturated carbocycles. The number of carbonyl (C=O) groups is 1. The number of aryl methyl sites for hydroxylation is 1. The number of anilines is 1. The van der Waals surface area contributed by atoms with E-state index in [1.807, 2.05) is 31.2 Å². The van der Waals surface area contributed by atoms with E-state index < -0.39 is 0 Å². The van der Waals surface area contributed by atoms with Gasteiger partial charge in [0, 0.05) is 23.5 Å². The first kappa shape index (κ1) is 14.9. The van der Waals surface area contributed by atoms with Gasteiger partial charge < -0.3 is 10.2 Å². The second kappa shape index (κ2) is 6.40. The number of hydrogen-bond acceptors (Lipinski definition) is 2. The molecule has 1 saturated heterocycles. The average molecular weight is 316 g/mol. The molecule has 2 aromatic rings. The quantitative estimate of drug-likeness (QED) is 0.890. The molecule has 0 radical (unpaired) electrons. The van der Waals surface area contributed by atoms with E-state index in [2.05, 4.69) is 5.32 Å². The van der Waals surface area contributed by atoms with Crippen molar-refractivity contribution in [1.29, 1.82) is 0 Å². The smallest absolute Gasteiger partial charge is 0.308 e. The highest BCUT2D eigenvalue weighted by Crippen LogP contribution is 2.39. The van der Waals surface area contributed by atoms with Gasteiger partial charge in [-0.1, -0.05) is 36.4 Å². The summed E-state index contributed by atoms with van der Waals surface area (Å²) in [6, 6.07) is 14.1. The standard InChI is InChI=1S/C17H17FN2OS/c1-12-6-2-5-9-15(12)19-17(21)20-10-11-22-16(20)13-7-3-4-8-14(13)18/h2-9,16H,10-11H2,1H3,(H,19,21). The lowest BCUT2D eigenvalue weighted by molar-refractivity contribution is 0.213. The highest BCUT2D eigenvalue weighted by atomic mass is 32.2. The molecule has 2 amide bonds. The number of urea groups is 1. The normalized spacial score (nSPS) is 17.5. The van der Waals surface area contributed by atoms with E-state index in [0.717, 1.165) is 17.0 Å². The van der Waals surface area contributed by atoms with Crippen molar-refractivity contribution in [2.45, 2.75) is 12.3 Å². The molecule has 0 bridgehead atoms. The van der Waals surface area contributed by atoms with Gasteiger partial charge in [-0.25, -0.2) is 9.18 Å². The van der Waals surface area contributed by atoms with E-state index in [1.54, 1.807) is 34.9 Å². The number of rotatable bonds is 2. The average Bonchev–Trinajstić information content (AvgIpc) is 2.99. The van der Waals surface area contributed by atoms with Gasteiger partial charge in [0.25, 0.3) is 0 Å². The predicted octanol–water partition coefficient (Wildman–Crippen LogP) is 4.41. The van der Waals surface area contributed by atoms with E-state index in [9.17, 15) is 9.18 Å². The second-order valence-electron chi connectivity index (χ2n) is 5.18. The van der Waals surface area contributed by atoms with Crippen molar-refractivity contribution in [1.82, 2.24) is 4.90 Å². The third-order valence-electron chi connectivity index (χ3n) is 3.71. The van der Waals surface area contributed by atoms with Crippen LogP contribution in [0.25, 0.3) is 0 Å². The lowest BCUT2D eigenvalue weighted by Crippen LogP contribution is -2.34. The van der Waals surface area contributed by atoms with Crippen molar-refractivity contribution in [3.63, 3.8) is 0 Å². The molecule has 5 heteroatoms. The summed E-state index contributed by atoms with van der Waals surface area (Å²) in [5.74, 6) is 0.538. The number of carbonyl (C=O) groups excluding carboxylic acids is 1. The van der Waals surface area contributed by atoms with Gasteiger partial charge in [-0.2, -0.15) is 0 Å². The molecule has 1 aliphatic heterocycles. The van der Waals surface area contributed by atoms with Crippen molar-refractivity contribution in [2.24, 2.45) is 0 Å². The minimum Gasteiger partial charge on any atom is -0.308 e. The highest BCUT2D eigenvalue weighted by Gasteiger charge is 2.32. The molecular formula is C17H17FN2OS. The highest BCUT2D eigenvalue weighted by molar-refractivity contribution is 7.99. The van der Waals surface area contributed by atoms with Crippen LogP contribution in [0.5, 0.6) is 0 Å². The van der Waals surface area contributed by atoms with E-state index in [0.29, 0.717) is 12.1 Å². The Balaban J connectivity index is 1.80. The Bertz CT molecular complexity index is 692. The zero-order valence-corrected chi connectivity index (χ0v) is 13.1. The fourth-order valence-corrected chi connectivity index (χ4v) is 3.79. The van der Waals surface area contributed by atoms with Crippen LogP contribution in [0.3, 0.4) is 0 Å². The summed E-state index contributed by atoms with van der Waals surface area (Å²) in [6.07, 6.45) is 0. The Kier molecular flexibility index (Phi) is 4.34. The lowest BCUT2D eigenvalue weighted by atomic mass is 10.2. The summed E-state index contributed by atoms with van der Waals surface area (Å²) in [6.45, 7) is 2.56. The Morgan fingerprint density at radius 3 is 2.73 bits per heavy atom. The zero-order chi connectivity index (χ0) is 15.5. The summed E-state index contributed by atoms with van der Waals surface area (Å²) >= 11 is 1.59. The van der Waals surface area contributed by atoms with E-state index in [1.165, 1.54) is 6.07 Å². The predicted molar refractivity (Wildman–Crippen MR) is 88.5 cm³/mol. The SMILES string of the molecule is Cc1ccccc1NC(=O)N1CCSC1c1ccccc1F. The second-order valence-corrected chi connectivity index (χ2v) is 6.37. The van der Waals surface area contributed by atoms with Crippen LogP contribution >= 0.6 is 11.8 Å². The molecule has 0 aliphatic carbocycles. The molecule has 1 N–H and O–H groups in total. The Hall–Kier alpha value is -2.01. The Labute approximate surface area is 133 Å². The Morgan fingerprint density at radius 2 is 1.95 bits per heavy atom. The maximum atomic E-state index is 14.0. The fourth-order valence-electron chi connectivity index (χ4n) is 2.51. The van der Waals surface area contributed by atoms with Gasteiger partial charge in [-0.05, 0) is 24.6 Å². The van der Waals surface area contributed by atoms with Crippen LogP contribution in [0.2, 0.25) is 0 Å². The van der Waals surface area contributed by atoms with E-state index in [4.69, 9.17) is 0 Å². The molecule has 0 aromatic heterocycles. The van der Waals surface area contributed by atoms with Gasteiger partial charge in [0.15, 0.2) is 0 Å². The minimum absolute atomic E-state index is 0.187. The molecule has 22 heavy (non-hydrogen) atoms. The van der Waals surface area contributed by atoms with Crippen molar-refractivity contribution in [3.05, 3.63) is 65.5 Å². The van der Waals surface area contributed by atoms with Crippen LogP contribution in [-0.4, -0.2) is 23.2 Å². The molecule has 3 nitrogen and oxygen atoms in total. The number of hydrogen-bond donors (Lipinski definition) is 1. The molecule has 1 atom stereocenters. The van der Waals surface area contributed by atoms with Gasteiger partial charge in [0.1, 0.15) is 11.2 Å². The summed E-state index contributed by atoms with van der Waals surface area (Å²) in [5.41, 5.74) is 2.35. The largest absolute Gasteiger partial charge is 0.323 e. The third kappa shape index (κ3) is 2.95. The molecule has 1 heterocycles. The topological polar surface area (TPSA) is 32.3 Å². The summed E-state index contributed by atoms with van der Waals surface area (Å²) in [5, 5.41) is 2.65. The number of benzene rings is 2. The summed E-state index contributed by atoms with van der Waals surface area (Å²) < 4.78 is 14.0. The number of thioether (sulfide) groups is 1. The van der Waals surface area contributed by atoms with Gasteiger partial charge in [-0.15, -0.1) is 11.8 Å². The summed E-state index contributed by atoms with van der Waals surface area (Å²) in [7, 11) is 0.